The first-order valence-electron chi connectivity index (χ1n) is 8.14. The van der Waals surface area contributed by atoms with E-state index in [1.807, 2.05) is 78.9 Å². The van der Waals surface area contributed by atoms with Gasteiger partial charge < -0.3 is 0 Å². The van der Waals surface area contributed by atoms with Crippen LogP contribution in [0.3, 0.4) is 0 Å². The zero-order valence-corrected chi connectivity index (χ0v) is 13.5. The van der Waals surface area contributed by atoms with E-state index in [1.54, 1.807) is 0 Å². The van der Waals surface area contributed by atoms with Gasteiger partial charge in [-0.1, -0.05) is 78.9 Å². The predicted molar refractivity (Wildman–Crippen MR) is 101 cm³/mol. The van der Waals surface area contributed by atoms with Crippen LogP contribution in [0.2, 0.25) is 0 Å². The molecule has 0 saturated carbocycles. The van der Waals surface area contributed by atoms with E-state index >= 15 is 0 Å². The summed E-state index contributed by atoms with van der Waals surface area (Å²) in [7, 11) is 0. The lowest BCUT2D eigenvalue weighted by Crippen LogP contribution is -2.08. The number of nitrogens with zero attached hydrogens (tertiary/aromatic N) is 4. The molecule has 4 heteroatoms. The zero-order valence-electron chi connectivity index (χ0n) is 13.5. The highest BCUT2D eigenvalue weighted by Crippen LogP contribution is 2.28. The third-order valence-electron chi connectivity index (χ3n) is 3.92. The largest absolute Gasteiger partial charge is 0.265 e. The van der Waals surface area contributed by atoms with E-state index < -0.39 is 0 Å². The fourth-order valence-electron chi connectivity index (χ4n) is 2.72. The van der Waals surface area contributed by atoms with Gasteiger partial charge in [0.15, 0.2) is 0 Å². The summed E-state index contributed by atoms with van der Waals surface area (Å²) in [5.74, 6) is 0.400. The van der Waals surface area contributed by atoms with Gasteiger partial charge in [-0.05, 0) is 23.3 Å². The zero-order chi connectivity index (χ0) is 16.9. The van der Waals surface area contributed by atoms with Gasteiger partial charge >= 0.3 is 0 Å². The predicted octanol–water partition coefficient (Wildman–Crippen LogP) is 5.37. The molecular weight excluding hydrogens is 308 g/mol. The van der Waals surface area contributed by atoms with E-state index in [2.05, 4.69) is 32.3 Å². The molecule has 1 aliphatic heterocycles. The Morgan fingerprint density at radius 1 is 0.640 bits per heavy atom. The molecule has 4 nitrogen and oxygen atoms in total. The molecule has 0 bridgehead atoms. The maximum Gasteiger partial charge on any atom is 0.265 e. The maximum absolute atomic E-state index is 4.68. The van der Waals surface area contributed by atoms with Crippen LogP contribution in [0.5, 0.6) is 0 Å². The average Bonchev–Trinajstić information content (AvgIpc) is 3.13. The van der Waals surface area contributed by atoms with E-state index in [1.165, 1.54) is 0 Å². The van der Waals surface area contributed by atoms with Crippen molar-refractivity contribution in [2.75, 3.05) is 0 Å². The first-order chi connectivity index (χ1) is 12.4. The second-order valence-corrected chi connectivity index (χ2v) is 5.64. The van der Waals surface area contributed by atoms with E-state index in [-0.39, 0.29) is 6.04 Å². The van der Waals surface area contributed by atoms with Crippen molar-refractivity contribution in [3.05, 3.63) is 102 Å². The summed E-state index contributed by atoms with van der Waals surface area (Å²) in [5, 5.41) is 8.46. The van der Waals surface area contributed by atoms with Crippen molar-refractivity contribution in [2.24, 2.45) is 20.2 Å². The lowest BCUT2D eigenvalue weighted by atomic mass is 9.98. The van der Waals surface area contributed by atoms with E-state index in [9.17, 15) is 0 Å². The number of guanidine groups is 1. The Kier molecular flexibility index (Phi) is 4.25. The van der Waals surface area contributed by atoms with Crippen LogP contribution < -0.4 is 0 Å². The Bertz CT molecular complexity index is 929. The smallest absolute Gasteiger partial charge is 0.233 e. The van der Waals surface area contributed by atoms with Gasteiger partial charge in [0.05, 0.1) is 11.4 Å². The Morgan fingerprint density at radius 3 is 1.92 bits per heavy atom. The topological polar surface area (TPSA) is 49.4 Å². The fraction of sp³-hybridized carbons (Fsp3) is 0.0476. The average molecular weight is 324 g/mol. The number of hydrogen-bond acceptors (Lipinski definition) is 4. The molecule has 0 fully saturated rings. The van der Waals surface area contributed by atoms with Crippen LogP contribution in [-0.2, 0) is 0 Å². The van der Waals surface area contributed by atoms with Crippen molar-refractivity contribution in [2.45, 2.75) is 6.04 Å². The highest BCUT2D eigenvalue weighted by Gasteiger charge is 2.25. The number of aliphatic imine (C=N–C) groups is 2. The highest BCUT2D eigenvalue weighted by molar-refractivity contribution is 6.14. The molecule has 3 aromatic carbocycles. The molecule has 0 spiro atoms. The normalized spacial score (nSPS) is 16.7. The molecule has 0 amide bonds. The van der Waals surface area contributed by atoms with Crippen molar-refractivity contribution in [3.63, 3.8) is 0 Å². The number of benzene rings is 3. The van der Waals surface area contributed by atoms with Crippen LogP contribution >= 0.6 is 0 Å². The minimum Gasteiger partial charge on any atom is -0.233 e. The van der Waals surface area contributed by atoms with Gasteiger partial charge in [0.2, 0.25) is 0 Å². The molecule has 0 N–H and O–H groups in total. The third-order valence-corrected chi connectivity index (χ3v) is 3.92. The van der Waals surface area contributed by atoms with Gasteiger partial charge in [0.25, 0.3) is 5.96 Å². The van der Waals surface area contributed by atoms with E-state index in [4.69, 9.17) is 0 Å². The van der Waals surface area contributed by atoms with Crippen molar-refractivity contribution >= 4 is 17.4 Å². The second-order valence-electron chi connectivity index (χ2n) is 5.64. The molecule has 0 aromatic heterocycles. The van der Waals surface area contributed by atoms with Crippen LogP contribution in [-0.4, -0.2) is 11.7 Å². The molecule has 25 heavy (non-hydrogen) atoms. The Balaban J connectivity index is 1.70. The third kappa shape index (κ3) is 3.43. The summed E-state index contributed by atoms with van der Waals surface area (Å²) in [6.07, 6.45) is 0. The van der Waals surface area contributed by atoms with Gasteiger partial charge in [-0.2, -0.15) is 0 Å². The standard InChI is InChI=1S/C21H16N4/c1-4-10-16(11-5-1)19-20(17-12-6-2-7-13-17)23-21(22-19)25-24-18-14-8-3-9-15-18/h1-15,19H. The lowest BCUT2D eigenvalue weighted by molar-refractivity contribution is 0.980. The molecule has 0 saturated heterocycles. The first-order valence-corrected chi connectivity index (χ1v) is 8.14. The monoisotopic (exact) mass is 324 g/mol. The molecule has 4 rings (SSSR count). The molecule has 0 radical (unpaired) electrons. The molecule has 3 aromatic rings. The molecule has 1 heterocycles. The van der Waals surface area contributed by atoms with Crippen LogP contribution in [0.1, 0.15) is 17.2 Å². The molecular formula is C21H16N4. The summed E-state index contributed by atoms with van der Waals surface area (Å²) in [6.45, 7) is 0. The molecule has 1 aliphatic rings. The van der Waals surface area contributed by atoms with Gasteiger partial charge in [-0.15, -0.1) is 10.2 Å². The Morgan fingerprint density at radius 2 is 1.24 bits per heavy atom. The van der Waals surface area contributed by atoms with Crippen molar-refractivity contribution in [1.82, 2.24) is 0 Å². The highest BCUT2D eigenvalue weighted by atomic mass is 15.2. The minimum atomic E-state index is -0.159. The van der Waals surface area contributed by atoms with Crippen LogP contribution in [0.15, 0.2) is 111 Å². The molecule has 120 valence electrons. The van der Waals surface area contributed by atoms with Crippen LogP contribution in [0, 0.1) is 0 Å². The summed E-state index contributed by atoms with van der Waals surface area (Å²) in [6, 6.07) is 29.7. The number of rotatable bonds is 3. The van der Waals surface area contributed by atoms with Gasteiger partial charge in [0.1, 0.15) is 6.04 Å². The van der Waals surface area contributed by atoms with Crippen molar-refractivity contribution in [3.8, 4) is 0 Å². The minimum absolute atomic E-state index is 0.159. The second kappa shape index (κ2) is 7.01. The summed E-state index contributed by atoms with van der Waals surface area (Å²) < 4.78 is 0. The van der Waals surface area contributed by atoms with E-state index in [0.29, 0.717) is 5.96 Å². The summed E-state index contributed by atoms with van der Waals surface area (Å²) in [4.78, 5) is 9.32. The van der Waals surface area contributed by atoms with Gasteiger partial charge in [-0.3, -0.25) is 0 Å². The fourth-order valence-corrected chi connectivity index (χ4v) is 2.72. The Hall–Kier alpha value is -3.40. The van der Waals surface area contributed by atoms with Gasteiger partial charge in [-0.25, -0.2) is 9.98 Å². The van der Waals surface area contributed by atoms with E-state index in [0.717, 1.165) is 22.5 Å². The lowest BCUT2D eigenvalue weighted by Gasteiger charge is -2.11. The molecule has 0 aliphatic carbocycles. The summed E-state index contributed by atoms with van der Waals surface area (Å²) in [5.41, 5.74) is 3.82. The number of hydrogen-bond donors (Lipinski definition) is 0. The van der Waals surface area contributed by atoms with Crippen LogP contribution in [0.4, 0.5) is 5.69 Å². The quantitative estimate of drug-likeness (QED) is 0.582. The van der Waals surface area contributed by atoms with Gasteiger partial charge in [0, 0.05) is 0 Å². The van der Waals surface area contributed by atoms with Crippen LogP contribution in [0.25, 0.3) is 0 Å². The first kappa shape index (κ1) is 15.1. The Labute approximate surface area is 146 Å². The van der Waals surface area contributed by atoms with Crippen molar-refractivity contribution in [1.29, 1.82) is 0 Å². The number of azo groups is 1. The summed E-state index contributed by atoms with van der Waals surface area (Å²) >= 11 is 0. The molecule has 1 unspecified atom stereocenters. The maximum atomic E-state index is 4.68. The molecule has 1 atom stereocenters. The SMILES string of the molecule is c1ccc(N=NC2=NC(c3ccccc3)C(c3ccccc3)=N2)cc1. The van der Waals surface area contributed by atoms with Crippen molar-refractivity contribution < 1.29 is 0 Å².